The number of aromatic nitrogens is 5. The molecule has 8 heteroatoms. The number of aryl methyl sites for hydroxylation is 1. The minimum atomic E-state index is 0.524. The largest absolute Gasteiger partial charge is 0.338 e. The molecule has 0 fully saturated rings. The van der Waals surface area contributed by atoms with Crippen molar-refractivity contribution in [1.29, 1.82) is 0 Å². The second-order valence-electron chi connectivity index (χ2n) is 4.74. The number of hydrogen-bond acceptors (Lipinski definition) is 6. The van der Waals surface area contributed by atoms with Crippen molar-refractivity contribution in [3.8, 4) is 11.4 Å². The van der Waals surface area contributed by atoms with Crippen molar-refractivity contribution in [1.82, 2.24) is 24.9 Å². The molecule has 118 valence electrons. The molecule has 2 heterocycles. The Balaban J connectivity index is 1.70. The molecule has 0 radical (unpaired) electrons. The van der Waals surface area contributed by atoms with Crippen LogP contribution in [-0.2, 0) is 12.3 Å². The number of thioether (sulfide) groups is 1. The van der Waals surface area contributed by atoms with Crippen molar-refractivity contribution in [2.75, 3.05) is 0 Å². The number of halogens is 1. The molecule has 0 bridgehead atoms. The number of allylic oxidation sites excluding steroid dienone is 1. The maximum atomic E-state index is 5.87. The maximum absolute atomic E-state index is 5.87. The van der Waals surface area contributed by atoms with Crippen LogP contribution in [0.3, 0.4) is 0 Å². The standard InChI is InChI=1S/C15H14ClN5OS/c1-3-8-21-10(2)18-19-15(21)23-9-13-17-14(20-22-13)11-4-6-12(16)7-5-11/h3-7H,1,8-9H2,2H3. The lowest BCUT2D eigenvalue weighted by atomic mass is 10.2. The molecular weight excluding hydrogens is 334 g/mol. The van der Waals surface area contributed by atoms with E-state index < -0.39 is 0 Å². The van der Waals surface area contributed by atoms with Crippen molar-refractivity contribution in [2.45, 2.75) is 24.4 Å². The molecule has 1 aromatic carbocycles. The molecule has 23 heavy (non-hydrogen) atoms. The SMILES string of the molecule is C=CCn1c(C)nnc1SCc1nc(-c2ccc(Cl)cc2)no1. The molecule has 0 N–H and O–H groups in total. The second-order valence-corrected chi connectivity index (χ2v) is 6.12. The first-order valence-corrected chi connectivity index (χ1v) is 8.25. The molecule has 0 amide bonds. The van der Waals surface area contributed by atoms with Gasteiger partial charge < -0.3 is 9.09 Å². The highest BCUT2D eigenvalue weighted by atomic mass is 35.5. The molecule has 3 rings (SSSR count). The fraction of sp³-hybridized carbons (Fsp3) is 0.200. The highest BCUT2D eigenvalue weighted by molar-refractivity contribution is 7.98. The normalized spacial score (nSPS) is 10.9. The summed E-state index contributed by atoms with van der Waals surface area (Å²) < 4.78 is 7.27. The van der Waals surface area contributed by atoms with Gasteiger partial charge in [-0.15, -0.1) is 16.8 Å². The molecule has 0 saturated heterocycles. The molecule has 0 spiro atoms. The summed E-state index contributed by atoms with van der Waals surface area (Å²) in [7, 11) is 0. The topological polar surface area (TPSA) is 69.6 Å². The third-order valence-electron chi connectivity index (χ3n) is 3.11. The van der Waals surface area contributed by atoms with Gasteiger partial charge in [-0.2, -0.15) is 4.98 Å². The highest BCUT2D eigenvalue weighted by Gasteiger charge is 2.12. The first-order chi connectivity index (χ1) is 11.2. The van der Waals surface area contributed by atoms with E-state index in [1.165, 1.54) is 11.8 Å². The van der Waals surface area contributed by atoms with Crippen LogP contribution in [0.15, 0.2) is 46.6 Å². The Morgan fingerprint density at radius 3 is 2.83 bits per heavy atom. The zero-order valence-electron chi connectivity index (χ0n) is 12.4. The van der Waals surface area contributed by atoms with Gasteiger partial charge >= 0.3 is 0 Å². The lowest BCUT2D eigenvalue weighted by Gasteiger charge is -2.03. The van der Waals surface area contributed by atoms with E-state index in [1.807, 2.05) is 29.7 Å². The summed E-state index contributed by atoms with van der Waals surface area (Å²) >= 11 is 7.37. The van der Waals surface area contributed by atoms with Crippen LogP contribution in [0.25, 0.3) is 11.4 Å². The van der Waals surface area contributed by atoms with E-state index in [-0.39, 0.29) is 0 Å². The average molecular weight is 348 g/mol. The van der Waals surface area contributed by atoms with E-state index >= 15 is 0 Å². The van der Waals surface area contributed by atoms with E-state index in [2.05, 4.69) is 26.9 Å². The van der Waals surface area contributed by atoms with Crippen molar-refractivity contribution in [2.24, 2.45) is 0 Å². The van der Waals surface area contributed by atoms with Gasteiger partial charge in [-0.3, -0.25) is 0 Å². The van der Waals surface area contributed by atoms with Gasteiger partial charge in [0.2, 0.25) is 11.7 Å². The number of nitrogens with zero attached hydrogens (tertiary/aromatic N) is 5. The summed E-state index contributed by atoms with van der Waals surface area (Å²) in [6, 6.07) is 7.30. The molecule has 2 aromatic heterocycles. The minimum Gasteiger partial charge on any atom is -0.338 e. The molecule has 3 aromatic rings. The van der Waals surface area contributed by atoms with Gasteiger partial charge in [0, 0.05) is 17.1 Å². The Hall–Kier alpha value is -2.12. The van der Waals surface area contributed by atoms with E-state index in [0.717, 1.165) is 16.5 Å². The van der Waals surface area contributed by atoms with Crippen molar-refractivity contribution in [3.63, 3.8) is 0 Å². The van der Waals surface area contributed by atoms with Gasteiger partial charge in [-0.25, -0.2) is 0 Å². The van der Waals surface area contributed by atoms with Crippen LogP contribution in [-0.4, -0.2) is 24.9 Å². The summed E-state index contributed by atoms with van der Waals surface area (Å²) in [5.74, 6) is 2.45. The predicted molar refractivity (Wildman–Crippen MR) is 89.3 cm³/mol. The molecule has 0 atom stereocenters. The highest BCUT2D eigenvalue weighted by Crippen LogP contribution is 2.23. The molecule has 0 aliphatic carbocycles. The van der Waals surface area contributed by atoms with Gasteiger partial charge in [-0.1, -0.05) is 34.6 Å². The van der Waals surface area contributed by atoms with Crippen molar-refractivity contribution < 1.29 is 4.52 Å². The van der Waals surface area contributed by atoms with E-state index in [9.17, 15) is 0 Å². The van der Waals surface area contributed by atoms with Crippen LogP contribution in [0, 0.1) is 6.92 Å². The van der Waals surface area contributed by atoms with E-state index in [4.69, 9.17) is 16.1 Å². The fourth-order valence-corrected chi connectivity index (χ4v) is 2.92. The van der Waals surface area contributed by atoms with E-state index in [0.29, 0.717) is 29.0 Å². The number of benzene rings is 1. The summed E-state index contributed by atoms with van der Waals surface area (Å²) in [6.07, 6.45) is 1.81. The van der Waals surface area contributed by atoms with Crippen LogP contribution in [0.1, 0.15) is 11.7 Å². The second kappa shape index (κ2) is 6.97. The van der Waals surface area contributed by atoms with Crippen LogP contribution in [0.5, 0.6) is 0 Å². The summed E-state index contributed by atoms with van der Waals surface area (Å²) in [5.41, 5.74) is 0.861. The Bertz CT molecular complexity index is 812. The Morgan fingerprint density at radius 2 is 2.09 bits per heavy atom. The fourth-order valence-electron chi connectivity index (χ4n) is 1.96. The Morgan fingerprint density at radius 1 is 1.30 bits per heavy atom. The van der Waals surface area contributed by atoms with Crippen molar-refractivity contribution in [3.05, 3.63) is 53.7 Å². The lowest BCUT2D eigenvalue weighted by molar-refractivity contribution is 0.391. The first-order valence-electron chi connectivity index (χ1n) is 6.89. The smallest absolute Gasteiger partial charge is 0.237 e. The summed E-state index contributed by atoms with van der Waals surface area (Å²) in [4.78, 5) is 4.39. The van der Waals surface area contributed by atoms with Crippen LogP contribution < -0.4 is 0 Å². The predicted octanol–water partition coefficient (Wildman–Crippen LogP) is 3.77. The van der Waals surface area contributed by atoms with Crippen LogP contribution in [0.2, 0.25) is 5.02 Å². The van der Waals surface area contributed by atoms with Gasteiger partial charge in [0.25, 0.3) is 0 Å². The van der Waals surface area contributed by atoms with Gasteiger partial charge in [0.1, 0.15) is 5.82 Å². The minimum absolute atomic E-state index is 0.524. The Labute approximate surface area is 142 Å². The molecular formula is C15H14ClN5OS. The number of hydrogen-bond donors (Lipinski definition) is 0. The lowest BCUT2D eigenvalue weighted by Crippen LogP contribution is -2.00. The van der Waals surface area contributed by atoms with Gasteiger partial charge in [0.05, 0.1) is 5.75 Å². The molecule has 0 aliphatic rings. The first kappa shape index (κ1) is 15.8. The van der Waals surface area contributed by atoms with Gasteiger partial charge in [0.15, 0.2) is 5.16 Å². The monoisotopic (exact) mass is 347 g/mol. The summed E-state index contributed by atoms with van der Waals surface area (Å²) in [6.45, 7) is 6.32. The molecule has 0 saturated carbocycles. The zero-order valence-corrected chi connectivity index (χ0v) is 14.0. The Kier molecular flexibility index (Phi) is 4.78. The summed E-state index contributed by atoms with van der Waals surface area (Å²) in [5, 5.41) is 13.7. The maximum Gasteiger partial charge on any atom is 0.237 e. The third kappa shape index (κ3) is 3.62. The average Bonchev–Trinajstić information content (AvgIpc) is 3.15. The van der Waals surface area contributed by atoms with Crippen molar-refractivity contribution >= 4 is 23.4 Å². The molecule has 0 aliphatic heterocycles. The molecule has 6 nitrogen and oxygen atoms in total. The van der Waals surface area contributed by atoms with Crippen LogP contribution >= 0.6 is 23.4 Å². The van der Waals surface area contributed by atoms with Gasteiger partial charge in [-0.05, 0) is 31.2 Å². The quantitative estimate of drug-likeness (QED) is 0.499. The number of rotatable bonds is 6. The zero-order chi connectivity index (χ0) is 16.2. The molecule has 0 unspecified atom stereocenters. The van der Waals surface area contributed by atoms with E-state index in [1.54, 1.807) is 12.1 Å². The third-order valence-corrected chi connectivity index (χ3v) is 4.31. The van der Waals surface area contributed by atoms with Crippen LogP contribution in [0.4, 0.5) is 0 Å².